The van der Waals surface area contributed by atoms with Crippen LogP contribution >= 0.6 is 0 Å². The van der Waals surface area contributed by atoms with Crippen molar-refractivity contribution in [2.45, 2.75) is 77.0 Å². The van der Waals surface area contributed by atoms with Crippen LogP contribution in [0.4, 0.5) is 11.4 Å². The van der Waals surface area contributed by atoms with Crippen LogP contribution in [0.15, 0.2) is 60.7 Å². The summed E-state index contributed by atoms with van der Waals surface area (Å²) in [4.78, 5) is 23.7. The van der Waals surface area contributed by atoms with Gasteiger partial charge in [0, 0.05) is 24.2 Å². The summed E-state index contributed by atoms with van der Waals surface area (Å²) in [6, 6.07) is 19.3. The third-order valence-electron chi connectivity index (χ3n) is 5.17. The van der Waals surface area contributed by atoms with Crippen LogP contribution in [0.2, 0.25) is 0 Å². The van der Waals surface area contributed by atoms with Crippen LogP contribution < -0.4 is 10.6 Å². The number of hydrogen-bond donors (Lipinski definition) is 2. The average molecular weight is 409 g/mol. The Morgan fingerprint density at radius 1 is 0.467 bits per heavy atom. The molecule has 0 atom stereocenters. The van der Waals surface area contributed by atoms with E-state index in [1.54, 1.807) is 0 Å². The molecule has 0 aliphatic heterocycles. The summed E-state index contributed by atoms with van der Waals surface area (Å²) < 4.78 is 0. The second kappa shape index (κ2) is 15.3. The van der Waals surface area contributed by atoms with Crippen molar-refractivity contribution in [1.82, 2.24) is 0 Å². The Balaban J connectivity index is 1.33. The molecule has 0 bridgehead atoms. The van der Waals surface area contributed by atoms with E-state index in [0.29, 0.717) is 12.8 Å². The van der Waals surface area contributed by atoms with Crippen LogP contribution in [0.3, 0.4) is 0 Å². The number of benzene rings is 2. The van der Waals surface area contributed by atoms with E-state index in [4.69, 9.17) is 0 Å². The van der Waals surface area contributed by atoms with Crippen molar-refractivity contribution < 1.29 is 9.59 Å². The minimum Gasteiger partial charge on any atom is -0.326 e. The molecule has 2 aromatic carbocycles. The molecule has 2 aromatic rings. The van der Waals surface area contributed by atoms with Gasteiger partial charge < -0.3 is 10.6 Å². The smallest absolute Gasteiger partial charge is 0.224 e. The Bertz CT molecular complexity index is 653. The molecular weight excluding hydrogens is 372 g/mol. The van der Waals surface area contributed by atoms with Crippen LogP contribution in [0.25, 0.3) is 0 Å². The number of hydrogen-bond acceptors (Lipinski definition) is 2. The second-order valence-corrected chi connectivity index (χ2v) is 7.86. The van der Waals surface area contributed by atoms with Crippen LogP contribution in [0.5, 0.6) is 0 Å². The van der Waals surface area contributed by atoms with Gasteiger partial charge in [-0.1, -0.05) is 87.8 Å². The number of para-hydroxylation sites is 2. The van der Waals surface area contributed by atoms with Crippen molar-refractivity contribution in [3.63, 3.8) is 0 Å². The molecular formula is C26H36N2O2. The van der Waals surface area contributed by atoms with Crippen molar-refractivity contribution in [2.24, 2.45) is 0 Å². The number of unbranched alkanes of at least 4 members (excludes halogenated alkanes) is 9. The van der Waals surface area contributed by atoms with Gasteiger partial charge in [0.1, 0.15) is 0 Å². The highest BCUT2D eigenvalue weighted by Gasteiger charge is 2.03. The van der Waals surface area contributed by atoms with Crippen molar-refractivity contribution in [2.75, 3.05) is 10.6 Å². The van der Waals surface area contributed by atoms with E-state index in [2.05, 4.69) is 10.6 Å². The maximum absolute atomic E-state index is 11.9. The number of nitrogens with one attached hydrogen (secondary N) is 2. The van der Waals surface area contributed by atoms with Gasteiger partial charge in [-0.05, 0) is 37.1 Å². The largest absolute Gasteiger partial charge is 0.326 e. The number of rotatable bonds is 15. The van der Waals surface area contributed by atoms with Crippen molar-refractivity contribution in [1.29, 1.82) is 0 Å². The van der Waals surface area contributed by atoms with E-state index in [-0.39, 0.29) is 11.8 Å². The Morgan fingerprint density at radius 2 is 0.767 bits per heavy atom. The fourth-order valence-electron chi connectivity index (χ4n) is 3.48. The van der Waals surface area contributed by atoms with E-state index in [9.17, 15) is 9.59 Å². The summed E-state index contributed by atoms with van der Waals surface area (Å²) in [5.74, 6) is 0.220. The maximum Gasteiger partial charge on any atom is 0.224 e. The summed E-state index contributed by atoms with van der Waals surface area (Å²) in [6.45, 7) is 0. The first-order valence-electron chi connectivity index (χ1n) is 11.4. The Morgan fingerprint density at radius 3 is 1.10 bits per heavy atom. The zero-order chi connectivity index (χ0) is 21.3. The lowest BCUT2D eigenvalue weighted by molar-refractivity contribution is -0.117. The van der Waals surface area contributed by atoms with Gasteiger partial charge in [0.05, 0.1) is 0 Å². The van der Waals surface area contributed by atoms with Gasteiger partial charge in [-0.15, -0.1) is 0 Å². The zero-order valence-corrected chi connectivity index (χ0v) is 18.1. The fraction of sp³-hybridized carbons (Fsp3) is 0.462. The first kappa shape index (κ1) is 23.7. The molecule has 2 rings (SSSR count). The highest BCUT2D eigenvalue weighted by molar-refractivity contribution is 5.91. The third-order valence-corrected chi connectivity index (χ3v) is 5.17. The molecule has 0 aliphatic carbocycles. The molecule has 0 radical (unpaired) electrons. The van der Waals surface area contributed by atoms with Gasteiger partial charge in [0.15, 0.2) is 0 Å². The highest BCUT2D eigenvalue weighted by atomic mass is 16.2. The van der Waals surface area contributed by atoms with Crippen molar-refractivity contribution in [3.8, 4) is 0 Å². The van der Waals surface area contributed by atoms with Gasteiger partial charge in [0.25, 0.3) is 0 Å². The Labute approximate surface area is 181 Å². The Kier molecular flexibility index (Phi) is 12.0. The predicted octanol–water partition coefficient (Wildman–Crippen LogP) is 6.95. The molecule has 4 heteroatoms. The van der Waals surface area contributed by atoms with E-state index >= 15 is 0 Å². The molecule has 0 aromatic heterocycles. The van der Waals surface area contributed by atoms with E-state index < -0.39 is 0 Å². The van der Waals surface area contributed by atoms with Crippen LogP contribution in [-0.2, 0) is 9.59 Å². The minimum absolute atomic E-state index is 0.110. The van der Waals surface area contributed by atoms with Gasteiger partial charge >= 0.3 is 0 Å². The summed E-state index contributed by atoms with van der Waals surface area (Å²) in [6.07, 6.45) is 12.8. The van der Waals surface area contributed by atoms with Gasteiger partial charge in [-0.2, -0.15) is 0 Å². The minimum atomic E-state index is 0.110. The van der Waals surface area contributed by atoms with Crippen molar-refractivity contribution in [3.05, 3.63) is 60.7 Å². The van der Waals surface area contributed by atoms with Gasteiger partial charge in [0.2, 0.25) is 11.8 Å². The molecule has 0 saturated carbocycles. The third kappa shape index (κ3) is 11.4. The van der Waals surface area contributed by atoms with E-state index in [1.807, 2.05) is 60.7 Å². The molecule has 0 spiro atoms. The summed E-state index contributed by atoms with van der Waals surface area (Å²) in [5.41, 5.74) is 1.75. The number of carbonyl (C=O) groups is 2. The van der Waals surface area contributed by atoms with Crippen LogP contribution in [0.1, 0.15) is 77.0 Å². The fourth-order valence-corrected chi connectivity index (χ4v) is 3.48. The van der Waals surface area contributed by atoms with Crippen LogP contribution in [0, 0.1) is 0 Å². The van der Waals surface area contributed by atoms with E-state index in [0.717, 1.165) is 37.1 Å². The monoisotopic (exact) mass is 408 g/mol. The van der Waals surface area contributed by atoms with Gasteiger partial charge in [-0.25, -0.2) is 0 Å². The highest BCUT2D eigenvalue weighted by Crippen LogP contribution is 2.13. The predicted molar refractivity (Wildman–Crippen MR) is 126 cm³/mol. The molecule has 0 saturated heterocycles. The molecule has 0 unspecified atom stereocenters. The first-order valence-corrected chi connectivity index (χ1v) is 11.4. The number of carbonyl (C=O) groups excluding carboxylic acids is 2. The lowest BCUT2D eigenvalue weighted by Gasteiger charge is -2.06. The maximum atomic E-state index is 11.9. The number of amides is 2. The van der Waals surface area contributed by atoms with Crippen LogP contribution in [-0.4, -0.2) is 11.8 Å². The molecule has 0 heterocycles. The summed E-state index contributed by atoms with van der Waals surface area (Å²) in [7, 11) is 0. The molecule has 0 fully saturated rings. The molecule has 2 N–H and O–H groups in total. The molecule has 0 aliphatic rings. The Hall–Kier alpha value is -2.62. The lowest BCUT2D eigenvalue weighted by Crippen LogP contribution is -2.10. The molecule has 162 valence electrons. The molecule has 30 heavy (non-hydrogen) atoms. The second-order valence-electron chi connectivity index (χ2n) is 7.86. The standard InChI is InChI=1S/C26H36N2O2/c29-25(27-23-17-11-9-12-18-23)21-15-7-5-3-1-2-4-6-8-16-22-26(30)28-24-19-13-10-14-20-24/h9-14,17-20H,1-8,15-16,21-22H2,(H,27,29)(H,28,30). The van der Waals surface area contributed by atoms with Crippen molar-refractivity contribution >= 4 is 23.2 Å². The molecule has 4 nitrogen and oxygen atoms in total. The quantitative estimate of drug-likeness (QED) is 0.313. The summed E-state index contributed by atoms with van der Waals surface area (Å²) in [5, 5.41) is 5.86. The normalized spacial score (nSPS) is 10.5. The topological polar surface area (TPSA) is 58.2 Å². The molecule has 2 amide bonds. The average Bonchev–Trinajstić information content (AvgIpc) is 2.76. The van der Waals surface area contributed by atoms with Gasteiger partial charge in [-0.3, -0.25) is 9.59 Å². The zero-order valence-electron chi connectivity index (χ0n) is 18.1. The summed E-state index contributed by atoms with van der Waals surface area (Å²) >= 11 is 0. The lowest BCUT2D eigenvalue weighted by atomic mass is 10.0. The SMILES string of the molecule is O=C(CCCCCCCCCCCCC(=O)Nc1ccccc1)Nc1ccccc1. The first-order chi connectivity index (χ1) is 14.7. The number of anilines is 2. The van der Waals surface area contributed by atoms with E-state index in [1.165, 1.54) is 38.5 Å².